The molecular formula is C27H23Br3IN3O3. The summed E-state index contributed by atoms with van der Waals surface area (Å²) in [5.74, 6) is 1.87. The number of hydrogen-bond acceptors (Lipinski definition) is 5. The molecule has 0 N–H and O–H groups in total. The third kappa shape index (κ3) is 6.63. The molecule has 0 aliphatic rings. The first-order valence-corrected chi connectivity index (χ1v) is 14.9. The number of halogens is 4. The first-order valence-electron chi connectivity index (χ1n) is 11.5. The highest BCUT2D eigenvalue weighted by molar-refractivity contribution is 14.1. The number of benzene rings is 3. The number of rotatable bonds is 8. The smallest absolute Gasteiger partial charge is 0.282 e. The Morgan fingerprint density at radius 3 is 2.49 bits per heavy atom. The molecule has 0 saturated carbocycles. The van der Waals surface area contributed by atoms with Crippen molar-refractivity contribution in [1.29, 1.82) is 0 Å². The van der Waals surface area contributed by atoms with Crippen molar-refractivity contribution in [3.05, 3.63) is 92.8 Å². The summed E-state index contributed by atoms with van der Waals surface area (Å²) in [6.07, 6.45) is 1.65. The molecule has 3 aromatic carbocycles. The van der Waals surface area contributed by atoms with Crippen LogP contribution in [0.15, 0.2) is 71.8 Å². The SMILES string of the molecule is CCOc1cc(C=Nn2c(C(C)C)nc3ccc(Br)cc3c2=O)cc(I)c1OCc1ccc(Br)cc1Br. The number of aromatic nitrogens is 2. The molecular weight excluding hydrogens is 781 g/mol. The van der Waals surface area contributed by atoms with Crippen LogP contribution in [0.4, 0.5) is 0 Å². The molecule has 0 spiro atoms. The number of ether oxygens (including phenoxy) is 2. The summed E-state index contributed by atoms with van der Waals surface area (Å²) >= 11 is 12.7. The Morgan fingerprint density at radius 1 is 1.05 bits per heavy atom. The fourth-order valence-corrected chi connectivity index (χ4v) is 5.93. The summed E-state index contributed by atoms with van der Waals surface area (Å²) in [6, 6.07) is 15.3. The van der Waals surface area contributed by atoms with Crippen molar-refractivity contribution in [3.8, 4) is 11.5 Å². The van der Waals surface area contributed by atoms with Gasteiger partial charge in [-0.1, -0.05) is 67.7 Å². The van der Waals surface area contributed by atoms with Crippen molar-refractivity contribution in [1.82, 2.24) is 9.66 Å². The van der Waals surface area contributed by atoms with E-state index in [1.165, 1.54) is 4.68 Å². The molecule has 0 unspecified atom stereocenters. The predicted octanol–water partition coefficient (Wildman–Crippen LogP) is 8.27. The highest BCUT2D eigenvalue weighted by Crippen LogP contribution is 2.35. The van der Waals surface area contributed by atoms with Crippen LogP contribution in [-0.2, 0) is 6.61 Å². The minimum atomic E-state index is -0.217. The molecule has 4 aromatic rings. The third-order valence-corrected chi connectivity index (χ3v) is 7.92. The van der Waals surface area contributed by atoms with E-state index in [2.05, 4.69) is 75.5 Å². The van der Waals surface area contributed by atoms with Gasteiger partial charge in [-0.3, -0.25) is 4.79 Å². The number of hydrogen-bond donors (Lipinski definition) is 0. The Labute approximate surface area is 254 Å². The molecule has 0 saturated heterocycles. The maximum absolute atomic E-state index is 13.3. The summed E-state index contributed by atoms with van der Waals surface area (Å²) in [4.78, 5) is 18.0. The summed E-state index contributed by atoms with van der Waals surface area (Å²) in [7, 11) is 0. The van der Waals surface area contributed by atoms with Gasteiger partial charge in [0.2, 0.25) is 0 Å². The lowest BCUT2D eigenvalue weighted by Crippen LogP contribution is -2.23. The zero-order valence-corrected chi connectivity index (χ0v) is 27.2. The van der Waals surface area contributed by atoms with Crippen molar-refractivity contribution in [3.63, 3.8) is 0 Å². The largest absolute Gasteiger partial charge is 0.490 e. The molecule has 0 radical (unpaired) electrons. The molecule has 0 aliphatic carbocycles. The minimum absolute atomic E-state index is 0.00530. The summed E-state index contributed by atoms with van der Waals surface area (Å²) < 4.78 is 17.1. The fraction of sp³-hybridized carbons (Fsp3) is 0.222. The van der Waals surface area contributed by atoms with Crippen LogP contribution in [0.3, 0.4) is 0 Å². The van der Waals surface area contributed by atoms with E-state index in [-0.39, 0.29) is 11.5 Å². The molecule has 6 nitrogen and oxygen atoms in total. The molecule has 37 heavy (non-hydrogen) atoms. The van der Waals surface area contributed by atoms with E-state index in [4.69, 9.17) is 14.5 Å². The lowest BCUT2D eigenvalue weighted by atomic mass is 10.2. The van der Waals surface area contributed by atoms with Crippen LogP contribution in [0, 0.1) is 3.57 Å². The lowest BCUT2D eigenvalue weighted by Gasteiger charge is -2.15. The van der Waals surface area contributed by atoms with Crippen molar-refractivity contribution in [2.24, 2.45) is 5.10 Å². The molecule has 1 aromatic heterocycles. The van der Waals surface area contributed by atoms with Crippen LogP contribution in [0.5, 0.6) is 11.5 Å². The van der Waals surface area contributed by atoms with Gasteiger partial charge in [-0.2, -0.15) is 9.78 Å². The third-order valence-electron chi connectivity index (χ3n) is 5.39. The monoisotopic (exact) mass is 801 g/mol. The average Bonchev–Trinajstić information content (AvgIpc) is 2.84. The molecule has 10 heteroatoms. The molecule has 0 amide bonds. The minimum Gasteiger partial charge on any atom is -0.490 e. The Hall–Kier alpha value is -1.76. The van der Waals surface area contributed by atoms with E-state index in [0.29, 0.717) is 41.4 Å². The van der Waals surface area contributed by atoms with Crippen LogP contribution in [0.25, 0.3) is 10.9 Å². The first kappa shape index (κ1) is 28.3. The highest BCUT2D eigenvalue weighted by atomic mass is 127. The second-order valence-electron chi connectivity index (χ2n) is 8.44. The van der Waals surface area contributed by atoms with E-state index < -0.39 is 0 Å². The van der Waals surface area contributed by atoms with E-state index >= 15 is 0 Å². The normalized spacial score (nSPS) is 11.6. The standard InChI is InChI=1S/C27H23Br3IN3O3/c1-4-36-24-10-16(9-22(31)25(24)37-14-17-5-6-19(29)12-21(17)30)13-32-34-26(15(2)3)33-23-8-7-18(28)11-20(23)27(34)35/h5-13,15H,4,14H2,1-3H3. The van der Waals surface area contributed by atoms with Gasteiger partial charge in [-0.05, 0) is 77.5 Å². The quantitative estimate of drug-likeness (QED) is 0.133. The van der Waals surface area contributed by atoms with E-state index in [1.54, 1.807) is 12.3 Å². The maximum atomic E-state index is 13.3. The zero-order chi connectivity index (χ0) is 26.7. The van der Waals surface area contributed by atoms with Crippen molar-refractivity contribution < 1.29 is 9.47 Å². The second kappa shape index (κ2) is 12.4. The molecule has 0 aliphatic heterocycles. The maximum Gasteiger partial charge on any atom is 0.282 e. The van der Waals surface area contributed by atoms with Crippen LogP contribution < -0.4 is 15.0 Å². The molecule has 0 fully saturated rings. The summed E-state index contributed by atoms with van der Waals surface area (Å²) in [5.41, 5.74) is 2.23. The van der Waals surface area contributed by atoms with Gasteiger partial charge in [0.05, 0.1) is 27.3 Å². The van der Waals surface area contributed by atoms with Gasteiger partial charge in [0, 0.05) is 24.9 Å². The fourth-order valence-electron chi connectivity index (χ4n) is 3.63. The molecule has 0 bridgehead atoms. The molecule has 4 rings (SSSR count). The second-order valence-corrected chi connectivity index (χ2v) is 12.3. The average molecular weight is 804 g/mol. The summed E-state index contributed by atoms with van der Waals surface area (Å²) in [6.45, 7) is 6.77. The highest BCUT2D eigenvalue weighted by Gasteiger charge is 2.16. The van der Waals surface area contributed by atoms with Crippen LogP contribution >= 0.6 is 70.4 Å². The lowest BCUT2D eigenvalue weighted by molar-refractivity contribution is 0.267. The van der Waals surface area contributed by atoms with E-state index in [0.717, 1.165) is 28.1 Å². The predicted molar refractivity (Wildman–Crippen MR) is 167 cm³/mol. The van der Waals surface area contributed by atoms with Crippen LogP contribution in [-0.4, -0.2) is 22.5 Å². The van der Waals surface area contributed by atoms with Crippen LogP contribution in [0.2, 0.25) is 0 Å². The number of nitrogens with zero attached hydrogens (tertiary/aromatic N) is 3. The topological polar surface area (TPSA) is 65.7 Å². The van der Waals surface area contributed by atoms with Gasteiger partial charge in [0.25, 0.3) is 5.56 Å². The summed E-state index contributed by atoms with van der Waals surface area (Å²) in [5, 5.41) is 5.06. The van der Waals surface area contributed by atoms with Crippen molar-refractivity contribution in [2.45, 2.75) is 33.3 Å². The molecule has 0 atom stereocenters. The van der Waals surface area contributed by atoms with E-state index in [1.807, 2.05) is 63.2 Å². The first-order chi connectivity index (χ1) is 17.7. The Morgan fingerprint density at radius 2 is 1.78 bits per heavy atom. The van der Waals surface area contributed by atoms with Gasteiger partial charge in [-0.15, -0.1) is 0 Å². The number of fused-ring (bicyclic) bond motifs is 1. The van der Waals surface area contributed by atoms with Gasteiger partial charge >= 0.3 is 0 Å². The Balaban J connectivity index is 1.70. The van der Waals surface area contributed by atoms with Gasteiger partial charge < -0.3 is 9.47 Å². The van der Waals surface area contributed by atoms with Gasteiger partial charge in [-0.25, -0.2) is 4.98 Å². The van der Waals surface area contributed by atoms with Gasteiger partial charge in [0.1, 0.15) is 12.4 Å². The van der Waals surface area contributed by atoms with Crippen LogP contribution in [0.1, 0.15) is 43.6 Å². The zero-order valence-electron chi connectivity index (χ0n) is 20.3. The Kier molecular flexibility index (Phi) is 9.47. The molecule has 1 heterocycles. The molecule has 192 valence electrons. The Bertz CT molecular complexity index is 1550. The van der Waals surface area contributed by atoms with Gasteiger partial charge in [0.15, 0.2) is 11.5 Å². The van der Waals surface area contributed by atoms with E-state index in [9.17, 15) is 4.79 Å². The van der Waals surface area contributed by atoms with Crippen molar-refractivity contribution >= 4 is 87.5 Å². The van der Waals surface area contributed by atoms with Crippen molar-refractivity contribution in [2.75, 3.05) is 6.61 Å².